The number of ether oxygens (including phenoxy) is 1. The predicted octanol–water partition coefficient (Wildman–Crippen LogP) is 9.83. The topological polar surface area (TPSA) is 141 Å². The Balaban J connectivity index is 0.000000194. The highest BCUT2D eigenvalue weighted by Crippen LogP contribution is 2.38. The van der Waals surface area contributed by atoms with E-state index in [9.17, 15) is 33.4 Å². The van der Waals surface area contributed by atoms with Crippen molar-refractivity contribution in [2.45, 2.75) is 44.4 Å². The van der Waals surface area contributed by atoms with Crippen molar-refractivity contribution in [1.29, 1.82) is 5.26 Å². The summed E-state index contributed by atoms with van der Waals surface area (Å²) in [7, 11) is 3.47. The first-order valence-electron chi connectivity index (χ1n) is 18.2. The molecule has 6 rings (SSSR count). The van der Waals surface area contributed by atoms with Gasteiger partial charge in [0.05, 0.1) is 55.1 Å². The number of methoxy groups -OCH3 is 1. The number of alkyl halides is 3. The third-order valence-electron chi connectivity index (χ3n) is 9.36. The second-order valence-corrected chi connectivity index (χ2v) is 14.3. The van der Waals surface area contributed by atoms with E-state index in [0.717, 1.165) is 62.8 Å². The number of rotatable bonds is 11. The van der Waals surface area contributed by atoms with Gasteiger partial charge in [-0.05, 0) is 61.6 Å². The van der Waals surface area contributed by atoms with Crippen LogP contribution in [0.25, 0.3) is 0 Å². The van der Waals surface area contributed by atoms with Gasteiger partial charge in [0.25, 0.3) is 11.4 Å². The molecule has 4 aromatic carbocycles. The number of benzene rings is 4. The number of hydrogen-bond acceptors (Lipinski definition) is 10. The Hall–Kier alpha value is -5.14. The van der Waals surface area contributed by atoms with Crippen LogP contribution in [-0.4, -0.2) is 74.3 Å². The highest BCUT2D eigenvalue weighted by molar-refractivity contribution is 6.33. The van der Waals surface area contributed by atoms with E-state index in [1.165, 1.54) is 42.0 Å². The molecule has 2 aliphatic heterocycles. The monoisotopic (exact) mass is 829 g/mol. The van der Waals surface area contributed by atoms with E-state index in [-0.39, 0.29) is 22.6 Å². The van der Waals surface area contributed by atoms with Gasteiger partial charge in [-0.25, -0.2) is 0 Å². The van der Waals surface area contributed by atoms with Gasteiger partial charge in [0.1, 0.15) is 0 Å². The maximum absolute atomic E-state index is 13.0. The molecule has 1 atom stereocenters. The van der Waals surface area contributed by atoms with Crippen molar-refractivity contribution in [3.05, 3.63) is 132 Å². The van der Waals surface area contributed by atoms with Crippen LogP contribution in [0.3, 0.4) is 0 Å². The number of halogens is 5. The number of likely N-dealkylation sites (tertiary alicyclic amines) is 1. The first kappa shape index (κ1) is 44.6. The number of nitro groups is 2. The first-order valence-corrected chi connectivity index (χ1v) is 18.9. The van der Waals surface area contributed by atoms with E-state index in [0.29, 0.717) is 42.3 Å². The lowest BCUT2D eigenvalue weighted by molar-refractivity contribution is -0.385. The van der Waals surface area contributed by atoms with Gasteiger partial charge in [-0.1, -0.05) is 53.5 Å². The summed E-state index contributed by atoms with van der Waals surface area (Å²) in [5.74, 6) is 0. The summed E-state index contributed by atoms with van der Waals surface area (Å²) in [6.45, 7) is 5.44. The number of nitrogens with one attached hydrogen (secondary N) is 1. The highest BCUT2D eigenvalue weighted by atomic mass is 35.5. The first-order chi connectivity index (χ1) is 27.2. The van der Waals surface area contributed by atoms with Gasteiger partial charge in [0.15, 0.2) is 0 Å². The zero-order valence-corrected chi connectivity index (χ0v) is 33.1. The Morgan fingerprint density at radius 3 is 2.14 bits per heavy atom. The van der Waals surface area contributed by atoms with Crippen molar-refractivity contribution in [2.24, 2.45) is 0 Å². The minimum absolute atomic E-state index is 0.00566. The van der Waals surface area contributed by atoms with E-state index in [2.05, 4.69) is 34.5 Å². The molecular weight excluding hydrogens is 786 g/mol. The normalized spacial score (nSPS) is 15.3. The highest BCUT2D eigenvalue weighted by Gasteiger charge is 2.35. The Morgan fingerprint density at radius 1 is 0.912 bits per heavy atom. The maximum atomic E-state index is 13.0. The van der Waals surface area contributed by atoms with Crippen molar-refractivity contribution in [3.8, 4) is 6.07 Å². The number of nitriles is 1. The molecule has 2 aliphatic rings. The van der Waals surface area contributed by atoms with Crippen LogP contribution in [0.4, 0.5) is 41.6 Å². The Labute approximate surface area is 339 Å². The Bertz CT molecular complexity index is 2000. The lowest BCUT2D eigenvalue weighted by Crippen LogP contribution is -2.31. The van der Waals surface area contributed by atoms with Crippen LogP contribution in [-0.2, 0) is 17.5 Å². The summed E-state index contributed by atoms with van der Waals surface area (Å²) in [5, 5.41) is 34.1. The predicted molar refractivity (Wildman–Crippen MR) is 217 cm³/mol. The average molecular weight is 831 g/mol. The van der Waals surface area contributed by atoms with Crippen molar-refractivity contribution in [2.75, 3.05) is 68.6 Å². The Morgan fingerprint density at radius 2 is 1.56 bits per heavy atom. The summed E-state index contributed by atoms with van der Waals surface area (Å²) < 4.78 is 43.9. The van der Waals surface area contributed by atoms with Crippen molar-refractivity contribution in [1.82, 2.24) is 4.90 Å². The van der Waals surface area contributed by atoms with Gasteiger partial charge >= 0.3 is 6.18 Å². The van der Waals surface area contributed by atoms with Crippen molar-refractivity contribution < 1.29 is 27.8 Å². The summed E-state index contributed by atoms with van der Waals surface area (Å²) in [4.78, 5) is 26.4. The van der Waals surface area contributed by atoms with Gasteiger partial charge in [0.2, 0.25) is 0 Å². The smallest absolute Gasteiger partial charge is 0.383 e. The van der Waals surface area contributed by atoms with Gasteiger partial charge in [-0.15, -0.1) is 0 Å². The van der Waals surface area contributed by atoms with Gasteiger partial charge in [-0.2, -0.15) is 18.4 Å². The minimum Gasteiger partial charge on any atom is -0.383 e. The fraction of sp³-hybridized carbons (Fsp3) is 0.375. The fourth-order valence-electron chi connectivity index (χ4n) is 6.40. The van der Waals surface area contributed by atoms with Gasteiger partial charge in [0, 0.05) is 89.4 Å². The third-order valence-corrected chi connectivity index (χ3v) is 9.97. The summed E-state index contributed by atoms with van der Waals surface area (Å²) in [5.41, 5.74) is 2.36. The third kappa shape index (κ3) is 13.5. The van der Waals surface area contributed by atoms with Crippen molar-refractivity contribution >= 4 is 51.6 Å². The van der Waals surface area contributed by atoms with Crippen LogP contribution in [0.5, 0.6) is 0 Å². The number of hydrogen-bond donors (Lipinski definition) is 1. The second-order valence-electron chi connectivity index (χ2n) is 13.5. The summed E-state index contributed by atoms with van der Waals surface area (Å²) in [6.07, 6.45) is -0.498. The van der Waals surface area contributed by atoms with Gasteiger partial charge in [-0.3, -0.25) is 25.1 Å². The van der Waals surface area contributed by atoms with E-state index < -0.39 is 21.6 Å². The molecule has 2 heterocycles. The molecular formula is C40H44Cl2F3N7O5. The quantitative estimate of drug-likeness (QED) is 0.115. The van der Waals surface area contributed by atoms with E-state index >= 15 is 0 Å². The van der Waals surface area contributed by atoms with Crippen LogP contribution < -0.4 is 15.1 Å². The van der Waals surface area contributed by atoms with Crippen molar-refractivity contribution in [3.63, 3.8) is 0 Å². The number of piperidine rings is 1. The maximum Gasteiger partial charge on any atom is 0.418 e. The van der Waals surface area contributed by atoms with Crippen LogP contribution in [0.15, 0.2) is 84.9 Å². The second kappa shape index (κ2) is 21.4. The molecule has 12 nitrogen and oxygen atoms in total. The zero-order valence-electron chi connectivity index (χ0n) is 31.6. The molecule has 1 N–H and O–H groups in total. The molecule has 0 spiro atoms. The molecule has 1 unspecified atom stereocenters. The molecule has 57 heavy (non-hydrogen) atoms. The number of anilines is 3. The van der Waals surface area contributed by atoms with Crippen LogP contribution >= 0.6 is 23.2 Å². The fourth-order valence-corrected chi connectivity index (χ4v) is 6.95. The Kier molecular flexibility index (Phi) is 16.7. The standard InChI is InChI=1S/C17H18ClN3O2.C13H13F3N2.C10H13ClN2O3/c18-16-10-15(21(22)23)6-7-17(16)19-14-8-9-20(12-14)11-13-4-2-1-3-5-13;14-13(15,16)11-8-10(9-17)4-5-12(11)18-6-2-1-3-7-18;1-12(5-6-16-2)10-4-3-8(13(14)15)7-9(10)11/h1-7,10,14,19H,8-9,11-12H2;4-5,8H,1-3,6-7H2;3-4,7H,5-6H2,1-2H3. The van der Waals surface area contributed by atoms with E-state index in [4.69, 9.17) is 33.2 Å². The minimum atomic E-state index is -4.42. The molecule has 0 saturated carbocycles. The molecule has 0 aromatic heterocycles. The molecule has 304 valence electrons. The molecule has 2 saturated heterocycles. The number of nitrogens with zero attached hydrogens (tertiary/aromatic N) is 6. The molecule has 17 heteroatoms. The molecule has 2 fully saturated rings. The number of non-ortho nitro benzene ring substituents is 2. The summed E-state index contributed by atoms with van der Waals surface area (Å²) >= 11 is 12.1. The van der Waals surface area contributed by atoms with E-state index in [1.807, 2.05) is 18.0 Å². The lowest BCUT2D eigenvalue weighted by atomic mass is 10.0. The van der Waals surface area contributed by atoms with Crippen LogP contribution in [0.2, 0.25) is 10.0 Å². The van der Waals surface area contributed by atoms with Crippen LogP contribution in [0.1, 0.15) is 42.4 Å². The lowest BCUT2D eigenvalue weighted by Gasteiger charge is -2.31. The molecule has 4 aromatic rings. The number of nitro benzene ring substituents is 2. The largest absolute Gasteiger partial charge is 0.418 e. The zero-order chi connectivity index (χ0) is 41.5. The number of likely N-dealkylation sites (N-methyl/N-ethyl adjacent to an activating group) is 1. The average Bonchev–Trinajstić information content (AvgIpc) is 3.64. The molecule has 0 radical (unpaired) electrons. The SMILES string of the molecule is COCCN(C)c1ccc([N+](=O)[O-])cc1Cl.N#Cc1ccc(N2CCCCC2)c(C(F)(F)F)c1.O=[N+]([O-])c1ccc(NC2CCN(Cc3ccccc3)C2)c(Cl)c1. The molecule has 0 bridgehead atoms. The van der Waals surface area contributed by atoms with Gasteiger partial charge < -0.3 is 19.9 Å². The molecule has 0 aliphatic carbocycles. The van der Waals surface area contributed by atoms with Crippen LogP contribution in [0, 0.1) is 31.6 Å². The molecule has 0 amide bonds. The summed E-state index contributed by atoms with van der Waals surface area (Å²) in [6, 6.07) is 25.2. The van der Waals surface area contributed by atoms with E-state index in [1.54, 1.807) is 30.2 Å².